The molecule has 41 heavy (non-hydrogen) atoms. The van der Waals surface area contributed by atoms with Gasteiger partial charge in [-0.2, -0.15) is 10.4 Å². The molecule has 0 spiro atoms. The van der Waals surface area contributed by atoms with E-state index >= 15 is 0 Å². The Morgan fingerprint density at radius 1 is 1.07 bits per heavy atom. The first-order valence-corrected chi connectivity index (χ1v) is 14.8. The van der Waals surface area contributed by atoms with Crippen molar-refractivity contribution in [2.45, 2.75) is 81.4 Å². The lowest BCUT2D eigenvalue weighted by Crippen LogP contribution is -2.54. The normalized spacial score (nSPS) is 28.5. The molecule has 0 radical (unpaired) electrons. The fourth-order valence-electron chi connectivity index (χ4n) is 6.79. The van der Waals surface area contributed by atoms with Crippen LogP contribution in [-0.4, -0.2) is 55.2 Å². The molecule has 10 nitrogen and oxygen atoms in total. The van der Waals surface area contributed by atoms with Gasteiger partial charge in [-0.1, -0.05) is 0 Å². The van der Waals surface area contributed by atoms with E-state index in [0.717, 1.165) is 81.1 Å². The Kier molecular flexibility index (Phi) is 6.23. The number of amides is 2. The van der Waals surface area contributed by atoms with Crippen LogP contribution in [0.4, 0.5) is 5.69 Å². The van der Waals surface area contributed by atoms with E-state index in [1.54, 1.807) is 16.8 Å². The molecule has 3 aromatic rings. The second-order valence-corrected chi connectivity index (χ2v) is 12.7. The van der Waals surface area contributed by atoms with E-state index in [0.29, 0.717) is 29.3 Å². The number of hydrogen-bond acceptors (Lipinski definition) is 7. The van der Waals surface area contributed by atoms with E-state index in [1.165, 1.54) is 6.20 Å². The summed E-state index contributed by atoms with van der Waals surface area (Å²) >= 11 is 0. The zero-order valence-electron chi connectivity index (χ0n) is 23.0. The van der Waals surface area contributed by atoms with Gasteiger partial charge in [-0.25, -0.2) is 4.52 Å². The number of aliphatic hydroxyl groups is 1. The third-order valence-corrected chi connectivity index (χ3v) is 9.73. The van der Waals surface area contributed by atoms with Crippen molar-refractivity contribution >= 4 is 23.0 Å². The number of carbonyl (C=O) groups is 2. The Balaban J connectivity index is 1.11. The standard InChI is InChI=1S/C31H35N7O3/c32-15-20-13-23-3-4-27(38(23)35-17-20)26-14-25(37-30-5-8-31(41,9-6-30)10-7-30)24(18-33-26)29(40)34-16-19-11-22(12-19)36-28(39)21-1-2-21/h3-4,13-14,17-19,21-22,41H,1-2,5-12,16H2,(H,33,37)(H,34,40)(H,36,39)/t19-,22+,30?,31?. The summed E-state index contributed by atoms with van der Waals surface area (Å²) in [5.41, 5.74) is 3.23. The molecule has 2 bridgehead atoms. The Hall–Kier alpha value is -3.97. The molecule has 0 saturated heterocycles. The molecular formula is C31H35N7O3. The average molecular weight is 554 g/mol. The van der Waals surface area contributed by atoms with Crippen LogP contribution >= 0.6 is 0 Å². The number of nitriles is 1. The summed E-state index contributed by atoms with van der Waals surface area (Å²) in [6.07, 6.45) is 11.8. The third-order valence-electron chi connectivity index (χ3n) is 9.73. The summed E-state index contributed by atoms with van der Waals surface area (Å²) < 4.78 is 1.75. The van der Waals surface area contributed by atoms with Crippen molar-refractivity contribution in [1.82, 2.24) is 25.2 Å². The van der Waals surface area contributed by atoms with Crippen LogP contribution in [0.1, 0.15) is 80.1 Å². The highest BCUT2D eigenvalue weighted by atomic mass is 16.3. The molecule has 212 valence electrons. The highest BCUT2D eigenvalue weighted by Gasteiger charge is 2.48. The first-order chi connectivity index (χ1) is 19.8. The van der Waals surface area contributed by atoms with Gasteiger partial charge >= 0.3 is 0 Å². The smallest absolute Gasteiger partial charge is 0.254 e. The third kappa shape index (κ3) is 5.04. The average Bonchev–Trinajstić information content (AvgIpc) is 3.74. The molecule has 10 heteroatoms. The van der Waals surface area contributed by atoms with Gasteiger partial charge < -0.3 is 21.1 Å². The highest BCUT2D eigenvalue weighted by Crippen LogP contribution is 2.48. The monoisotopic (exact) mass is 553 g/mol. The van der Waals surface area contributed by atoms with Gasteiger partial charge in [0.15, 0.2) is 0 Å². The van der Waals surface area contributed by atoms with Crippen LogP contribution in [0.3, 0.4) is 0 Å². The van der Waals surface area contributed by atoms with Crippen molar-refractivity contribution < 1.29 is 14.7 Å². The maximum absolute atomic E-state index is 13.5. The lowest BCUT2D eigenvalue weighted by Gasteiger charge is -2.51. The minimum Gasteiger partial charge on any atom is -0.390 e. The quantitative estimate of drug-likeness (QED) is 0.334. The van der Waals surface area contributed by atoms with E-state index in [-0.39, 0.29) is 29.3 Å². The number of pyridine rings is 1. The summed E-state index contributed by atoms with van der Waals surface area (Å²) in [6.45, 7) is 0.558. The molecule has 5 aliphatic carbocycles. The van der Waals surface area contributed by atoms with Crippen molar-refractivity contribution in [3.63, 3.8) is 0 Å². The Bertz CT molecular complexity index is 1540. The van der Waals surface area contributed by atoms with Gasteiger partial charge in [-0.15, -0.1) is 0 Å². The van der Waals surface area contributed by atoms with Crippen molar-refractivity contribution in [2.75, 3.05) is 11.9 Å². The number of nitrogens with zero attached hydrogens (tertiary/aromatic N) is 4. The molecule has 0 atom stereocenters. The lowest BCUT2D eigenvalue weighted by molar-refractivity contribution is -0.123. The molecule has 5 saturated carbocycles. The molecule has 0 aliphatic heterocycles. The molecule has 0 unspecified atom stereocenters. The molecular weight excluding hydrogens is 518 g/mol. The summed E-state index contributed by atoms with van der Waals surface area (Å²) in [7, 11) is 0. The zero-order valence-corrected chi connectivity index (χ0v) is 23.0. The van der Waals surface area contributed by atoms with Gasteiger partial charge in [0, 0.05) is 30.2 Å². The molecule has 0 aromatic carbocycles. The summed E-state index contributed by atoms with van der Waals surface area (Å²) in [5, 5.41) is 34.4. The van der Waals surface area contributed by atoms with Crippen LogP contribution in [0.25, 0.3) is 16.9 Å². The summed E-state index contributed by atoms with van der Waals surface area (Å²) in [6, 6.07) is 9.87. The maximum atomic E-state index is 13.5. The second-order valence-electron chi connectivity index (χ2n) is 12.7. The molecule has 8 rings (SSSR count). The largest absolute Gasteiger partial charge is 0.390 e. The number of aromatic nitrogens is 3. The van der Waals surface area contributed by atoms with Crippen LogP contribution in [0.15, 0.2) is 36.7 Å². The molecule has 5 fully saturated rings. The predicted octanol–water partition coefficient (Wildman–Crippen LogP) is 3.55. The Morgan fingerprint density at radius 3 is 2.54 bits per heavy atom. The predicted molar refractivity (Wildman–Crippen MR) is 152 cm³/mol. The highest BCUT2D eigenvalue weighted by molar-refractivity contribution is 6.00. The van der Waals surface area contributed by atoms with Crippen molar-refractivity contribution in [2.24, 2.45) is 11.8 Å². The fourth-order valence-corrected chi connectivity index (χ4v) is 6.79. The van der Waals surface area contributed by atoms with Crippen LogP contribution in [0.2, 0.25) is 0 Å². The van der Waals surface area contributed by atoms with Crippen LogP contribution in [0, 0.1) is 23.2 Å². The fraction of sp³-hybridized carbons (Fsp3) is 0.516. The summed E-state index contributed by atoms with van der Waals surface area (Å²) in [4.78, 5) is 30.2. The molecule has 4 N–H and O–H groups in total. The minimum atomic E-state index is -0.551. The number of carbonyl (C=O) groups excluding carboxylic acids is 2. The SMILES string of the molecule is N#Cc1cnn2c(-c3cc(NC45CCC(O)(CC4)CC5)c(C(=O)NC[C@H]4C[C@@H](NC(=O)C5CC5)C4)cn3)ccc2c1. The first kappa shape index (κ1) is 26.0. The zero-order chi connectivity index (χ0) is 28.2. The van der Waals surface area contributed by atoms with E-state index in [9.17, 15) is 20.0 Å². The molecule has 3 heterocycles. The molecule has 5 aliphatic rings. The Labute approximate surface area is 238 Å². The van der Waals surface area contributed by atoms with Gasteiger partial charge in [0.2, 0.25) is 5.91 Å². The van der Waals surface area contributed by atoms with Crippen LogP contribution in [-0.2, 0) is 4.79 Å². The Morgan fingerprint density at radius 2 is 1.83 bits per heavy atom. The van der Waals surface area contributed by atoms with E-state index in [1.807, 2.05) is 18.2 Å². The van der Waals surface area contributed by atoms with Crippen molar-refractivity contribution in [1.29, 1.82) is 5.26 Å². The van der Waals surface area contributed by atoms with E-state index in [2.05, 4.69) is 32.1 Å². The van der Waals surface area contributed by atoms with Gasteiger partial charge in [0.25, 0.3) is 5.91 Å². The molecule has 2 amide bonds. The number of anilines is 1. The second kappa shape index (κ2) is 9.84. The number of nitrogens with one attached hydrogen (secondary N) is 3. The van der Waals surface area contributed by atoms with Gasteiger partial charge in [0.05, 0.1) is 45.5 Å². The minimum absolute atomic E-state index is 0.166. The first-order valence-electron chi connectivity index (χ1n) is 14.8. The van der Waals surface area contributed by atoms with E-state index < -0.39 is 5.60 Å². The van der Waals surface area contributed by atoms with Gasteiger partial charge in [-0.3, -0.25) is 14.6 Å². The van der Waals surface area contributed by atoms with E-state index in [4.69, 9.17) is 0 Å². The lowest BCUT2D eigenvalue weighted by atomic mass is 9.63. The topological polar surface area (TPSA) is 144 Å². The van der Waals surface area contributed by atoms with Crippen LogP contribution < -0.4 is 16.0 Å². The maximum Gasteiger partial charge on any atom is 0.254 e. The number of hydrogen-bond donors (Lipinski definition) is 4. The number of fused-ring (bicyclic) bond motifs is 4. The van der Waals surface area contributed by atoms with Gasteiger partial charge in [0.1, 0.15) is 6.07 Å². The number of rotatable bonds is 8. The van der Waals surface area contributed by atoms with Crippen molar-refractivity contribution in [3.8, 4) is 17.5 Å². The van der Waals surface area contributed by atoms with Gasteiger partial charge in [-0.05, 0) is 94.4 Å². The van der Waals surface area contributed by atoms with Crippen LogP contribution in [0.5, 0.6) is 0 Å². The molecule has 3 aromatic heterocycles. The van der Waals surface area contributed by atoms with Crippen molar-refractivity contribution in [3.05, 3.63) is 47.8 Å². The summed E-state index contributed by atoms with van der Waals surface area (Å²) in [5.74, 6) is 0.566.